The van der Waals surface area contributed by atoms with E-state index in [1.807, 2.05) is 7.11 Å². The average Bonchev–Trinajstić information content (AvgIpc) is 2.62. The highest BCUT2D eigenvalue weighted by Crippen LogP contribution is 2.57. The van der Waals surface area contributed by atoms with Gasteiger partial charge >= 0.3 is 0 Å². The number of anilines is 1. The third kappa shape index (κ3) is 2.56. The number of likely N-dealkylation sites (tertiary alicyclic amines) is 1. The Hall–Kier alpha value is -1.26. The maximum absolute atomic E-state index is 5.93. The van der Waals surface area contributed by atoms with Crippen molar-refractivity contribution >= 4 is 5.69 Å². The topological polar surface area (TPSA) is 19.0 Å². The third-order valence-corrected chi connectivity index (χ3v) is 8.34. The summed E-state index contributed by atoms with van der Waals surface area (Å²) in [7, 11) is 8.58. The molecule has 5 rings (SSSR count). The van der Waals surface area contributed by atoms with E-state index >= 15 is 0 Å². The molecule has 4 nitrogen and oxygen atoms in total. The van der Waals surface area contributed by atoms with Gasteiger partial charge < -0.3 is 19.4 Å². The smallest absolute Gasteiger partial charge is 0.142 e. The molecule has 2 bridgehead atoms. The molecule has 3 fully saturated rings. The van der Waals surface area contributed by atoms with Crippen LogP contribution in [-0.4, -0.2) is 69.8 Å². The molecular formula is C23H35N3O. The van der Waals surface area contributed by atoms with Gasteiger partial charge in [0.1, 0.15) is 5.75 Å². The van der Waals surface area contributed by atoms with Crippen LogP contribution in [0.15, 0.2) is 12.1 Å². The molecule has 1 aromatic rings. The largest absolute Gasteiger partial charge is 0.495 e. The van der Waals surface area contributed by atoms with Gasteiger partial charge in [-0.2, -0.15) is 0 Å². The number of ether oxygens (including phenoxy) is 1. The van der Waals surface area contributed by atoms with Crippen LogP contribution in [-0.2, 0) is 11.8 Å². The van der Waals surface area contributed by atoms with Crippen molar-refractivity contribution in [2.75, 3.05) is 52.8 Å². The van der Waals surface area contributed by atoms with Crippen molar-refractivity contribution in [2.45, 2.75) is 56.0 Å². The van der Waals surface area contributed by atoms with Gasteiger partial charge in [0, 0.05) is 30.6 Å². The highest BCUT2D eigenvalue weighted by atomic mass is 16.5. The van der Waals surface area contributed by atoms with Crippen molar-refractivity contribution in [3.8, 4) is 5.75 Å². The zero-order valence-corrected chi connectivity index (χ0v) is 17.5. The van der Waals surface area contributed by atoms with Gasteiger partial charge in [0.05, 0.1) is 12.8 Å². The standard InChI is InChI=1S/C23H35N3O/c1-24(2)17-14-26(15-17)21-12-16-11-20-18-7-5-6-8-23(18,9-10-25(20)3)19(16)13-22(21)27-4/h12-13,17-18,20H,5-11,14-15H2,1-4H3/t18?,20-,23-/m0/s1. The fourth-order valence-corrected chi connectivity index (χ4v) is 6.61. The lowest BCUT2D eigenvalue weighted by atomic mass is 9.52. The summed E-state index contributed by atoms with van der Waals surface area (Å²) in [6.07, 6.45) is 8.15. The van der Waals surface area contributed by atoms with Crippen LogP contribution in [0.2, 0.25) is 0 Å². The van der Waals surface area contributed by atoms with Crippen LogP contribution in [0.25, 0.3) is 0 Å². The van der Waals surface area contributed by atoms with E-state index < -0.39 is 0 Å². The van der Waals surface area contributed by atoms with E-state index in [4.69, 9.17) is 4.74 Å². The first-order chi connectivity index (χ1) is 13.0. The molecule has 3 atom stereocenters. The van der Waals surface area contributed by atoms with Crippen molar-refractivity contribution in [1.82, 2.24) is 9.80 Å². The first kappa shape index (κ1) is 17.8. The predicted octanol–water partition coefficient (Wildman–Crippen LogP) is 3.13. The van der Waals surface area contributed by atoms with Crippen molar-refractivity contribution in [3.05, 3.63) is 23.3 Å². The van der Waals surface area contributed by atoms with E-state index in [0.29, 0.717) is 11.5 Å². The number of likely N-dealkylation sites (N-methyl/N-ethyl adjacent to an activating group) is 2. The van der Waals surface area contributed by atoms with Crippen LogP contribution in [0, 0.1) is 5.92 Å². The summed E-state index contributed by atoms with van der Waals surface area (Å²) in [5.41, 5.74) is 4.98. The second-order valence-corrected chi connectivity index (χ2v) is 9.71. The summed E-state index contributed by atoms with van der Waals surface area (Å²) in [5, 5.41) is 0. The predicted molar refractivity (Wildman–Crippen MR) is 111 cm³/mol. The molecule has 0 spiro atoms. The first-order valence-electron chi connectivity index (χ1n) is 10.9. The van der Waals surface area contributed by atoms with E-state index in [1.54, 1.807) is 11.1 Å². The molecule has 27 heavy (non-hydrogen) atoms. The highest BCUT2D eigenvalue weighted by Gasteiger charge is 2.53. The lowest BCUT2D eigenvalue weighted by molar-refractivity contribution is 0.00275. The maximum atomic E-state index is 5.93. The molecule has 0 radical (unpaired) electrons. The number of methoxy groups -OCH3 is 1. The van der Waals surface area contributed by atoms with Gasteiger partial charge in [-0.1, -0.05) is 12.8 Å². The summed E-state index contributed by atoms with van der Waals surface area (Å²) >= 11 is 0. The third-order valence-electron chi connectivity index (χ3n) is 8.34. The molecule has 2 aliphatic carbocycles. The molecule has 2 heterocycles. The van der Waals surface area contributed by atoms with Crippen molar-refractivity contribution < 1.29 is 4.74 Å². The minimum Gasteiger partial charge on any atom is -0.495 e. The van der Waals surface area contributed by atoms with Crippen molar-refractivity contribution in [3.63, 3.8) is 0 Å². The van der Waals surface area contributed by atoms with E-state index in [0.717, 1.165) is 30.8 Å². The summed E-state index contributed by atoms with van der Waals surface area (Å²) in [6.45, 7) is 3.47. The van der Waals surface area contributed by atoms with Crippen LogP contribution in [0.4, 0.5) is 5.69 Å². The van der Waals surface area contributed by atoms with Gasteiger partial charge in [0.15, 0.2) is 0 Å². The minimum atomic E-state index is 0.413. The Morgan fingerprint density at radius 2 is 1.96 bits per heavy atom. The van der Waals surface area contributed by atoms with Crippen LogP contribution < -0.4 is 9.64 Å². The van der Waals surface area contributed by atoms with Gasteiger partial charge in [-0.25, -0.2) is 0 Å². The number of hydrogen-bond acceptors (Lipinski definition) is 4. The molecule has 2 saturated heterocycles. The lowest BCUT2D eigenvalue weighted by Crippen LogP contribution is -2.60. The molecule has 148 valence electrons. The molecule has 0 N–H and O–H groups in total. The summed E-state index contributed by atoms with van der Waals surface area (Å²) in [6, 6.07) is 6.35. The monoisotopic (exact) mass is 369 g/mol. The van der Waals surface area contributed by atoms with E-state index in [-0.39, 0.29) is 0 Å². The van der Waals surface area contributed by atoms with Crippen LogP contribution in [0.5, 0.6) is 5.75 Å². The highest BCUT2D eigenvalue weighted by molar-refractivity contribution is 5.65. The van der Waals surface area contributed by atoms with Gasteiger partial charge in [-0.15, -0.1) is 0 Å². The molecular weight excluding hydrogens is 334 g/mol. The number of fused-ring (bicyclic) bond motifs is 1. The van der Waals surface area contributed by atoms with Crippen molar-refractivity contribution in [1.29, 1.82) is 0 Å². The van der Waals surface area contributed by atoms with Crippen LogP contribution in [0.3, 0.4) is 0 Å². The molecule has 1 saturated carbocycles. The normalized spacial score (nSPS) is 33.4. The summed E-state index contributed by atoms with van der Waals surface area (Å²) in [4.78, 5) is 7.51. The fraction of sp³-hybridized carbons (Fsp3) is 0.739. The minimum absolute atomic E-state index is 0.413. The Morgan fingerprint density at radius 3 is 2.70 bits per heavy atom. The molecule has 0 aromatic heterocycles. The number of benzene rings is 1. The lowest BCUT2D eigenvalue weighted by Gasteiger charge is -2.58. The second kappa shape index (κ2) is 6.38. The van der Waals surface area contributed by atoms with Crippen LogP contribution >= 0.6 is 0 Å². The summed E-state index contributed by atoms with van der Waals surface area (Å²) < 4.78 is 5.93. The van der Waals surface area contributed by atoms with Crippen LogP contribution in [0.1, 0.15) is 43.2 Å². The Morgan fingerprint density at radius 1 is 1.15 bits per heavy atom. The zero-order chi connectivity index (χ0) is 18.8. The molecule has 4 aliphatic rings. The molecule has 1 aromatic carbocycles. The quantitative estimate of drug-likeness (QED) is 0.815. The Labute approximate surface area is 164 Å². The van der Waals surface area contributed by atoms with E-state index in [2.05, 4.69) is 48.0 Å². The zero-order valence-electron chi connectivity index (χ0n) is 17.5. The van der Waals surface area contributed by atoms with E-state index in [9.17, 15) is 0 Å². The number of piperidine rings is 1. The second-order valence-electron chi connectivity index (χ2n) is 9.71. The van der Waals surface area contributed by atoms with Gasteiger partial charge in [-0.05, 0) is 82.5 Å². The first-order valence-corrected chi connectivity index (χ1v) is 10.9. The van der Waals surface area contributed by atoms with E-state index in [1.165, 1.54) is 50.8 Å². The molecule has 1 unspecified atom stereocenters. The molecule has 4 heteroatoms. The Balaban J connectivity index is 1.55. The maximum Gasteiger partial charge on any atom is 0.142 e. The number of nitrogens with zero attached hydrogens (tertiary/aromatic N) is 3. The molecule has 0 amide bonds. The SMILES string of the molecule is COc1cc2c(cc1N1CC(N(C)C)C1)C[C@H]1C3CCCC[C@@]23CCN1C. The van der Waals surface area contributed by atoms with Gasteiger partial charge in [0.25, 0.3) is 0 Å². The van der Waals surface area contributed by atoms with Crippen molar-refractivity contribution in [2.24, 2.45) is 5.92 Å². The Kier molecular flexibility index (Phi) is 4.21. The number of rotatable bonds is 3. The fourth-order valence-electron chi connectivity index (χ4n) is 6.61. The van der Waals surface area contributed by atoms with Gasteiger partial charge in [-0.3, -0.25) is 0 Å². The summed E-state index contributed by atoms with van der Waals surface area (Å²) in [5.74, 6) is 1.94. The number of hydrogen-bond donors (Lipinski definition) is 0. The van der Waals surface area contributed by atoms with Gasteiger partial charge in [0.2, 0.25) is 0 Å². The Bertz CT molecular complexity index is 727. The average molecular weight is 370 g/mol. The molecule has 2 aliphatic heterocycles.